The number of benzene rings is 2. The highest BCUT2D eigenvalue weighted by Gasteiger charge is 2.16. The van der Waals surface area contributed by atoms with Crippen LogP contribution in [0.2, 0.25) is 0 Å². The van der Waals surface area contributed by atoms with E-state index in [9.17, 15) is 0 Å². The van der Waals surface area contributed by atoms with Crippen LogP contribution in [0.1, 0.15) is 16.7 Å². The van der Waals surface area contributed by atoms with E-state index in [0.29, 0.717) is 5.90 Å². The summed E-state index contributed by atoms with van der Waals surface area (Å²) in [6, 6.07) is 14.3. The van der Waals surface area contributed by atoms with Crippen LogP contribution in [0.4, 0.5) is 0 Å². The largest absolute Gasteiger partial charge is 0.439 e. The zero-order chi connectivity index (χ0) is 13.2. The second kappa shape index (κ2) is 5.17. The number of nitrogens with zero attached hydrogens (tertiary/aromatic N) is 1. The predicted molar refractivity (Wildman–Crippen MR) is 81.1 cm³/mol. The van der Waals surface area contributed by atoms with Crippen LogP contribution in [0.5, 0.6) is 5.75 Å². The maximum Gasteiger partial charge on any atom is 0.222 e. The summed E-state index contributed by atoms with van der Waals surface area (Å²) in [6.45, 7) is 2.85. The number of aliphatic imine (C=N–C) groups is 1. The fraction of sp³-hybridized carbons (Fsp3) is 0.188. The Kier molecular flexibility index (Phi) is 3.38. The molecule has 1 aliphatic rings. The van der Waals surface area contributed by atoms with Crippen LogP contribution in [-0.4, -0.2) is 12.4 Å². The molecular weight excluding hydrogens is 302 g/mol. The fourth-order valence-electron chi connectivity index (χ4n) is 2.13. The molecule has 2 aromatic carbocycles. The molecule has 2 aromatic rings. The average molecular weight is 316 g/mol. The third-order valence-corrected chi connectivity index (χ3v) is 3.67. The van der Waals surface area contributed by atoms with Gasteiger partial charge in [0.25, 0.3) is 0 Å². The molecule has 96 valence electrons. The molecule has 3 rings (SSSR count). The topological polar surface area (TPSA) is 21.6 Å². The molecule has 1 heterocycles. The minimum Gasteiger partial charge on any atom is -0.439 e. The number of halogens is 1. The van der Waals surface area contributed by atoms with Crippen molar-refractivity contribution in [2.24, 2.45) is 4.99 Å². The Balaban J connectivity index is 1.92. The van der Waals surface area contributed by atoms with Crippen molar-refractivity contribution in [1.82, 2.24) is 0 Å². The molecule has 0 unspecified atom stereocenters. The summed E-state index contributed by atoms with van der Waals surface area (Å²) in [5, 5.41) is 0. The summed E-state index contributed by atoms with van der Waals surface area (Å²) < 4.78 is 6.97. The molecule has 0 atom stereocenters. The third-order valence-electron chi connectivity index (χ3n) is 3.17. The van der Waals surface area contributed by atoms with Crippen LogP contribution in [0.25, 0.3) is 0 Å². The molecule has 3 heteroatoms. The first-order valence-corrected chi connectivity index (χ1v) is 7.09. The van der Waals surface area contributed by atoms with Gasteiger partial charge in [0, 0.05) is 16.6 Å². The Bertz CT molecular complexity index is 632. The average Bonchev–Trinajstić information content (AvgIpc) is 2.42. The van der Waals surface area contributed by atoms with Gasteiger partial charge >= 0.3 is 0 Å². The maximum absolute atomic E-state index is 5.92. The zero-order valence-corrected chi connectivity index (χ0v) is 12.3. The van der Waals surface area contributed by atoms with Gasteiger partial charge in [0.05, 0.1) is 0 Å². The van der Waals surface area contributed by atoms with E-state index in [2.05, 4.69) is 46.0 Å². The first-order chi connectivity index (χ1) is 9.22. The van der Waals surface area contributed by atoms with E-state index in [1.165, 1.54) is 11.1 Å². The Hall–Kier alpha value is -1.61. The normalized spacial score (nSPS) is 13.7. The van der Waals surface area contributed by atoms with E-state index in [1.807, 2.05) is 24.3 Å². The van der Waals surface area contributed by atoms with Crippen molar-refractivity contribution in [3.05, 3.63) is 63.6 Å². The molecule has 19 heavy (non-hydrogen) atoms. The van der Waals surface area contributed by atoms with Crippen molar-refractivity contribution in [2.45, 2.75) is 13.3 Å². The molecule has 0 saturated carbocycles. The number of aryl methyl sites for hydroxylation is 1. The molecule has 0 N–H and O–H groups in total. The SMILES string of the molecule is Cc1ccc(OC2=NCCc3ccc(Br)cc32)cc1. The van der Waals surface area contributed by atoms with E-state index >= 15 is 0 Å². The van der Waals surface area contributed by atoms with Crippen LogP contribution in [-0.2, 0) is 6.42 Å². The molecule has 0 radical (unpaired) electrons. The lowest BCUT2D eigenvalue weighted by molar-refractivity contribution is 0.543. The van der Waals surface area contributed by atoms with Gasteiger partial charge in [-0.1, -0.05) is 39.7 Å². The van der Waals surface area contributed by atoms with Crippen molar-refractivity contribution in [1.29, 1.82) is 0 Å². The number of hydrogen-bond donors (Lipinski definition) is 0. The number of fused-ring (bicyclic) bond motifs is 1. The minimum atomic E-state index is 0.714. The molecule has 0 amide bonds. The molecule has 0 aromatic heterocycles. The van der Waals surface area contributed by atoms with Gasteiger partial charge in [-0.3, -0.25) is 4.99 Å². The summed E-state index contributed by atoms with van der Waals surface area (Å²) in [6.07, 6.45) is 0.976. The zero-order valence-electron chi connectivity index (χ0n) is 10.7. The molecular formula is C16H14BrNO. The Labute approximate surface area is 121 Å². The summed E-state index contributed by atoms with van der Waals surface area (Å²) >= 11 is 3.50. The van der Waals surface area contributed by atoms with Crippen molar-refractivity contribution in [3.8, 4) is 5.75 Å². The smallest absolute Gasteiger partial charge is 0.222 e. The van der Waals surface area contributed by atoms with Gasteiger partial charge in [0.1, 0.15) is 5.75 Å². The van der Waals surface area contributed by atoms with Crippen LogP contribution in [0.15, 0.2) is 51.9 Å². The maximum atomic E-state index is 5.92. The number of rotatable bonds is 1. The quantitative estimate of drug-likeness (QED) is 0.775. The third kappa shape index (κ3) is 2.71. The van der Waals surface area contributed by atoms with Crippen molar-refractivity contribution in [2.75, 3.05) is 6.54 Å². The van der Waals surface area contributed by atoms with E-state index in [-0.39, 0.29) is 0 Å². The Morgan fingerprint density at radius 2 is 1.89 bits per heavy atom. The van der Waals surface area contributed by atoms with E-state index in [0.717, 1.165) is 28.8 Å². The van der Waals surface area contributed by atoms with Crippen molar-refractivity contribution < 1.29 is 4.74 Å². The van der Waals surface area contributed by atoms with Gasteiger partial charge in [-0.05, 0) is 43.2 Å². The first-order valence-electron chi connectivity index (χ1n) is 6.30. The van der Waals surface area contributed by atoms with Crippen molar-refractivity contribution in [3.63, 3.8) is 0 Å². The summed E-state index contributed by atoms with van der Waals surface area (Å²) in [5.41, 5.74) is 3.60. The van der Waals surface area contributed by atoms with E-state index < -0.39 is 0 Å². The van der Waals surface area contributed by atoms with Gasteiger partial charge in [-0.2, -0.15) is 0 Å². The van der Waals surface area contributed by atoms with E-state index in [4.69, 9.17) is 4.74 Å². The molecule has 1 aliphatic heterocycles. The highest BCUT2D eigenvalue weighted by molar-refractivity contribution is 9.10. The number of hydrogen-bond acceptors (Lipinski definition) is 2. The fourth-order valence-corrected chi connectivity index (χ4v) is 2.50. The van der Waals surface area contributed by atoms with Crippen molar-refractivity contribution >= 4 is 21.8 Å². The van der Waals surface area contributed by atoms with Crippen LogP contribution < -0.4 is 4.74 Å². The predicted octanol–water partition coefficient (Wildman–Crippen LogP) is 4.14. The van der Waals surface area contributed by atoms with Gasteiger partial charge in [0.2, 0.25) is 5.90 Å². The monoisotopic (exact) mass is 315 g/mol. The first kappa shape index (κ1) is 12.4. The Morgan fingerprint density at radius 1 is 1.11 bits per heavy atom. The standard InChI is InChI=1S/C16H14BrNO/c1-11-2-6-14(7-3-11)19-16-15-10-13(17)5-4-12(15)8-9-18-16/h2-7,10H,8-9H2,1H3. The molecule has 0 aliphatic carbocycles. The summed E-state index contributed by atoms with van der Waals surface area (Å²) in [5.74, 6) is 1.54. The lowest BCUT2D eigenvalue weighted by atomic mass is 10.0. The second-order valence-corrected chi connectivity index (χ2v) is 5.57. The Morgan fingerprint density at radius 3 is 2.68 bits per heavy atom. The molecule has 0 bridgehead atoms. The van der Waals surface area contributed by atoms with Gasteiger partial charge in [-0.15, -0.1) is 0 Å². The van der Waals surface area contributed by atoms with Crippen LogP contribution in [0, 0.1) is 6.92 Å². The van der Waals surface area contributed by atoms with Gasteiger partial charge < -0.3 is 4.74 Å². The van der Waals surface area contributed by atoms with Gasteiger partial charge in [0.15, 0.2) is 0 Å². The van der Waals surface area contributed by atoms with Gasteiger partial charge in [-0.25, -0.2) is 0 Å². The second-order valence-electron chi connectivity index (χ2n) is 4.65. The molecule has 0 spiro atoms. The molecule has 2 nitrogen and oxygen atoms in total. The molecule has 0 fully saturated rings. The lowest BCUT2D eigenvalue weighted by Gasteiger charge is -2.17. The highest BCUT2D eigenvalue weighted by Crippen LogP contribution is 2.23. The molecule has 0 saturated heterocycles. The summed E-state index contributed by atoms with van der Waals surface area (Å²) in [7, 11) is 0. The lowest BCUT2D eigenvalue weighted by Crippen LogP contribution is -2.18. The minimum absolute atomic E-state index is 0.714. The summed E-state index contributed by atoms with van der Waals surface area (Å²) in [4.78, 5) is 4.50. The van der Waals surface area contributed by atoms with Crippen LogP contribution in [0.3, 0.4) is 0 Å². The number of ether oxygens (including phenoxy) is 1. The highest BCUT2D eigenvalue weighted by atomic mass is 79.9. The van der Waals surface area contributed by atoms with E-state index in [1.54, 1.807) is 0 Å². The van der Waals surface area contributed by atoms with Crippen LogP contribution >= 0.6 is 15.9 Å².